The number of amides is 1. The van der Waals surface area contributed by atoms with Crippen LogP contribution in [0.1, 0.15) is 39.2 Å². The molecule has 0 aliphatic heterocycles. The van der Waals surface area contributed by atoms with E-state index in [9.17, 15) is 14.9 Å². The highest BCUT2D eigenvalue weighted by atomic mass is 16.6. The molecule has 0 aromatic heterocycles. The number of non-ortho nitro benzene ring substituents is 1. The molecule has 0 radical (unpaired) electrons. The summed E-state index contributed by atoms with van der Waals surface area (Å²) in [6.07, 6.45) is 2.10. The van der Waals surface area contributed by atoms with Gasteiger partial charge in [-0.3, -0.25) is 14.9 Å². The summed E-state index contributed by atoms with van der Waals surface area (Å²) >= 11 is 0. The van der Waals surface area contributed by atoms with Gasteiger partial charge in [-0.1, -0.05) is 26.0 Å². The first-order valence-electron chi connectivity index (χ1n) is 9.17. The van der Waals surface area contributed by atoms with Crippen LogP contribution in [0.5, 0.6) is 0 Å². The molecule has 8 heteroatoms. The second kappa shape index (κ2) is 11.2. The largest absolute Gasteiger partial charge is 0.354 e. The molecule has 0 spiro atoms. The van der Waals surface area contributed by atoms with Crippen molar-refractivity contribution in [3.63, 3.8) is 0 Å². The molecule has 1 unspecified atom stereocenters. The van der Waals surface area contributed by atoms with Gasteiger partial charge >= 0.3 is 0 Å². The zero-order chi connectivity index (χ0) is 20.4. The van der Waals surface area contributed by atoms with Crippen LogP contribution in [0.2, 0.25) is 0 Å². The van der Waals surface area contributed by atoms with Gasteiger partial charge in [0.05, 0.1) is 18.0 Å². The topological polar surface area (TPSA) is 99.9 Å². The summed E-state index contributed by atoms with van der Waals surface area (Å²) in [6.45, 7) is 6.96. The van der Waals surface area contributed by atoms with Crippen LogP contribution in [0.4, 0.5) is 5.69 Å². The van der Waals surface area contributed by atoms with Gasteiger partial charge in [-0.05, 0) is 31.2 Å². The fourth-order valence-corrected chi connectivity index (χ4v) is 2.25. The number of guanidine groups is 1. The highest BCUT2D eigenvalue weighted by molar-refractivity contribution is 5.86. The lowest BCUT2D eigenvalue weighted by atomic mass is 10.0. The Balaban J connectivity index is 2.76. The number of nitrogens with zero attached hydrogens (tertiary/aromatic N) is 3. The molecule has 27 heavy (non-hydrogen) atoms. The predicted octanol–water partition coefficient (Wildman–Crippen LogP) is 2.54. The highest BCUT2D eigenvalue weighted by Crippen LogP contribution is 2.12. The number of likely N-dealkylation sites (N-methyl/N-ethyl adjacent to an activating group) is 1. The lowest BCUT2D eigenvalue weighted by molar-refractivity contribution is -0.384. The van der Waals surface area contributed by atoms with Crippen molar-refractivity contribution >= 4 is 17.6 Å². The Morgan fingerprint density at radius 3 is 2.33 bits per heavy atom. The maximum absolute atomic E-state index is 11.8. The van der Waals surface area contributed by atoms with Crippen molar-refractivity contribution in [2.45, 2.75) is 46.2 Å². The van der Waals surface area contributed by atoms with Crippen molar-refractivity contribution in [1.82, 2.24) is 15.5 Å². The highest BCUT2D eigenvalue weighted by Gasteiger charge is 2.10. The van der Waals surface area contributed by atoms with E-state index in [2.05, 4.69) is 36.4 Å². The number of carbonyl (C=O) groups is 1. The van der Waals surface area contributed by atoms with E-state index in [0.717, 1.165) is 18.4 Å². The molecular weight excluding hydrogens is 346 g/mol. The molecule has 0 heterocycles. The summed E-state index contributed by atoms with van der Waals surface area (Å²) in [6, 6.07) is 6.52. The molecule has 0 aliphatic rings. The molecule has 1 aromatic carbocycles. The molecule has 0 bridgehead atoms. The summed E-state index contributed by atoms with van der Waals surface area (Å²) < 4.78 is 0. The summed E-state index contributed by atoms with van der Waals surface area (Å²) in [5.41, 5.74) is 0.911. The third-order valence-electron chi connectivity index (χ3n) is 4.03. The molecule has 0 fully saturated rings. The second-order valence-electron chi connectivity index (χ2n) is 7.25. The van der Waals surface area contributed by atoms with Gasteiger partial charge in [-0.2, -0.15) is 0 Å². The molecule has 1 amide bonds. The number of carbonyl (C=O) groups excluding carboxylic acids is 1. The maximum Gasteiger partial charge on any atom is 0.269 e. The van der Waals surface area contributed by atoms with Crippen LogP contribution in [0, 0.1) is 16.0 Å². The van der Waals surface area contributed by atoms with E-state index in [1.807, 2.05) is 0 Å². The number of hydrogen-bond donors (Lipinski definition) is 2. The Kier molecular flexibility index (Phi) is 9.25. The van der Waals surface area contributed by atoms with E-state index in [1.165, 1.54) is 17.0 Å². The molecule has 0 saturated heterocycles. The smallest absolute Gasteiger partial charge is 0.269 e. The van der Waals surface area contributed by atoms with Crippen LogP contribution < -0.4 is 10.6 Å². The Hall–Kier alpha value is -2.64. The minimum atomic E-state index is -0.426. The summed E-state index contributed by atoms with van der Waals surface area (Å²) in [5, 5.41) is 17.1. The van der Waals surface area contributed by atoms with Crippen LogP contribution in [0.15, 0.2) is 29.3 Å². The van der Waals surface area contributed by atoms with Crippen LogP contribution >= 0.6 is 0 Å². The number of aliphatic imine (C=N–C) groups is 1. The van der Waals surface area contributed by atoms with E-state index in [4.69, 9.17) is 0 Å². The van der Waals surface area contributed by atoms with E-state index in [-0.39, 0.29) is 24.2 Å². The number of hydrogen-bond acceptors (Lipinski definition) is 4. The lowest BCUT2D eigenvalue weighted by Crippen LogP contribution is -2.46. The van der Waals surface area contributed by atoms with Crippen molar-refractivity contribution < 1.29 is 9.72 Å². The quantitative estimate of drug-likeness (QED) is 0.298. The van der Waals surface area contributed by atoms with Gasteiger partial charge in [0.1, 0.15) is 0 Å². The van der Waals surface area contributed by atoms with Crippen molar-refractivity contribution in [2.75, 3.05) is 20.6 Å². The molecule has 8 nitrogen and oxygen atoms in total. The normalized spacial score (nSPS) is 12.6. The third-order valence-corrected chi connectivity index (χ3v) is 4.03. The van der Waals surface area contributed by atoms with Gasteiger partial charge in [0, 0.05) is 32.3 Å². The number of benzene rings is 1. The second-order valence-corrected chi connectivity index (χ2v) is 7.25. The lowest BCUT2D eigenvalue weighted by Gasteiger charge is -2.20. The summed E-state index contributed by atoms with van der Waals surface area (Å²) in [4.78, 5) is 28.2. The molecule has 2 N–H and O–H groups in total. The van der Waals surface area contributed by atoms with Crippen molar-refractivity contribution in [2.24, 2.45) is 10.9 Å². The fourth-order valence-electron chi connectivity index (χ4n) is 2.25. The average Bonchev–Trinajstić information content (AvgIpc) is 2.62. The van der Waals surface area contributed by atoms with Crippen LogP contribution in [-0.4, -0.2) is 48.4 Å². The molecule has 1 atom stereocenters. The van der Waals surface area contributed by atoms with E-state index in [0.29, 0.717) is 18.4 Å². The van der Waals surface area contributed by atoms with E-state index >= 15 is 0 Å². The summed E-state index contributed by atoms with van der Waals surface area (Å²) in [7, 11) is 3.41. The Morgan fingerprint density at radius 2 is 1.81 bits per heavy atom. The van der Waals surface area contributed by atoms with Gasteiger partial charge in [0.25, 0.3) is 5.69 Å². The van der Waals surface area contributed by atoms with E-state index < -0.39 is 4.92 Å². The molecular formula is C19H31N5O3. The molecule has 0 saturated carbocycles. The maximum atomic E-state index is 11.8. The number of nitro benzene ring substituents is 1. The van der Waals surface area contributed by atoms with Gasteiger partial charge < -0.3 is 15.5 Å². The van der Waals surface area contributed by atoms with Crippen molar-refractivity contribution in [3.05, 3.63) is 39.9 Å². The van der Waals surface area contributed by atoms with E-state index in [1.54, 1.807) is 26.2 Å². The van der Waals surface area contributed by atoms with Gasteiger partial charge in [-0.15, -0.1) is 0 Å². The minimum Gasteiger partial charge on any atom is -0.354 e. The van der Waals surface area contributed by atoms with Crippen molar-refractivity contribution in [3.8, 4) is 0 Å². The summed E-state index contributed by atoms with van der Waals surface area (Å²) in [5.74, 6) is 1.13. The van der Waals surface area contributed by atoms with Crippen LogP contribution in [-0.2, 0) is 11.3 Å². The average molecular weight is 377 g/mol. The molecule has 1 aromatic rings. The molecule has 0 aliphatic carbocycles. The minimum absolute atomic E-state index is 0.0466. The Bertz CT molecular complexity index is 641. The Labute approximate surface area is 161 Å². The van der Waals surface area contributed by atoms with Gasteiger partial charge in [0.2, 0.25) is 5.91 Å². The first-order valence-corrected chi connectivity index (χ1v) is 9.17. The molecule has 1 rings (SSSR count). The first kappa shape index (κ1) is 22.4. The Morgan fingerprint density at radius 1 is 1.19 bits per heavy atom. The standard InChI is InChI=1S/C19H31N5O3/c1-14(2)6-7-15(3)22-19(21-13-18(25)23(4)5)20-12-16-8-10-17(11-9-16)24(26)27/h8-11,14-15H,6-7,12-13H2,1-5H3,(H2,20,21,22). The zero-order valence-electron chi connectivity index (χ0n) is 16.9. The van der Waals surface area contributed by atoms with Gasteiger partial charge in [-0.25, -0.2) is 4.99 Å². The first-order chi connectivity index (χ1) is 12.7. The number of nitrogens with one attached hydrogen (secondary N) is 2. The monoisotopic (exact) mass is 377 g/mol. The zero-order valence-corrected chi connectivity index (χ0v) is 16.9. The third kappa shape index (κ3) is 9.03. The van der Waals surface area contributed by atoms with Gasteiger partial charge in [0.15, 0.2) is 5.96 Å². The number of nitro groups is 1. The van der Waals surface area contributed by atoms with Crippen molar-refractivity contribution in [1.29, 1.82) is 0 Å². The number of rotatable bonds is 9. The SMILES string of the molecule is CC(C)CCC(C)NC(=NCc1ccc([N+](=O)[O-])cc1)NCC(=O)N(C)C. The fraction of sp³-hybridized carbons (Fsp3) is 0.579. The van der Waals surface area contributed by atoms with Crippen LogP contribution in [0.25, 0.3) is 0 Å². The predicted molar refractivity (Wildman–Crippen MR) is 108 cm³/mol. The molecule has 150 valence electrons. The van der Waals surface area contributed by atoms with Crippen LogP contribution in [0.3, 0.4) is 0 Å².